The van der Waals surface area contributed by atoms with Crippen molar-refractivity contribution in [2.45, 2.75) is 111 Å². The highest BCUT2D eigenvalue weighted by molar-refractivity contribution is 5.82. The van der Waals surface area contributed by atoms with Crippen LogP contribution in [0.3, 0.4) is 0 Å². The van der Waals surface area contributed by atoms with E-state index in [1.165, 1.54) is 0 Å². The number of nitrogens with two attached hydrogens (primary N) is 1. The second kappa shape index (κ2) is 11.1. The molecule has 0 bridgehead atoms. The molecule has 0 spiro atoms. The number of carbonyl (C=O) groups excluding carboxylic acids is 4. The number of rotatable bonds is 11. The molecule has 184 valence electrons. The van der Waals surface area contributed by atoms with Crippen LogP contribution in [0.2, 0.25) is 0 Å². The predicted molar refractivity (Wildman–Crippen MR) is 125 cm³/mol. The molecule has 3 unspecified atom stereocenters. The van der Waals surface area contributed by atoms with Crippen molar-refractivity contribution in [3.63, 3.8) is 0 Å². The lowest BCUT2D eigenvalue weighted by Crippen LogP contribution is -2.49. The lowest BCUT2D eigenvalue weighted by Gasteiger charge is -2.34. The van der Waals surface area contributed by atoms with Crippen LogP contribution in [0.25, 0.3) is 0 Å². The van der Waals surface area contributed by atoms with Gasteiger partial charge in [-0.2, -0.15) is 0 Å². The Bertz CT molecular complexity index is 687. The van der Waals surface area contributed by atoms with E-state index in [-0.39, 0.29) is 35.6 Å². The Morgan fingerprint density at radius 3 is 2.19 bits per heavy atom. The minimum atomic E-state index is -0.635. The zero-order chi connectivity index (χ0) is 24.7. The first kappa shape index (κ1) is 27.9. The molecule has 4 amide bonds. The summed E-state index contributed by atoms with van der Waals surface area (Å²) < 4.78 is 0. The van der Waals surface area contributed by atoms with Crippen molar-refractivity contribution in [3.8, 4) is 0 Å². The lowest BCUT2D eigenvalue weighted by atomic mass is 9.79. The van der Waals surface area contributed by atoms with Crippen LogP contribution in [0.5, 0.6) is 0 Å². The first-order valence-corrected chi connectivity index (χ1v) is 11.7. The highest BCUT2D eigenvalue weighted by Crippen LogP contribution is 2.30. The number of nitrogens with one attached hydrogen (secondary N) is 3. The summed E-state index contributed by atoms with van der Waals surface area (Å²) in [5, 5.41) is 9.03. The zero-order valence-corrected chi connectivity index (χ0v) is 21.0. The second-order valence-corrected chi connectivity index (χ2v) is 11.5. The molecular weight excluding hydrogens is 408 g/mol. The summed E-state index contributed by atoms with van der Waals surface area (Å²) in [6.45, 7) is 13.2. The summed E-state index contributed by atoms with van der Waals surface area (Å²) in [6.07, 6.45) is 5.60. The Morgan fingerprint density at radius 1 is 1.00 bits per heavy atom. The van der Waals surface area contributed by atoms with Crippen LogP contribution in [-0.4, -0.2) is 41.3 Å². The highest BCUT2D eigenvalue weighted by Gasteiger charge is 2.36. The predicted octanol–water partition coefficient (Wildman–Crippen LogP) is 2.40. The summed E-state index contributed by atoms with van der Waals surface area (Å²) in [5.74, 6) is -0.820. The molecule has 0 radical (unpaired) electrons. The Hall–Kier alpha value is -2.12. The summed E-state index contributed by atoms with van der Waals surface area (Å²) in [5.41, 5.74) is 3.74. The van der Waals surface area contributed by atoms with E-state index in [1.54, 1.807) is 6.92 Å². The fourth-order valence-corrected chi connectivity index (χ4v) is 4.84. The zero-order valence-electron chi connectivity index (χ0n) is 21.0. The van der Waals surface area contributed by atoms with Gasteiger partial charge in [-0.3, -0.25) is 19.2 Å². The molecule has 8 nitrogen and oxygen atoms in total. The van der Waals surface area contributed by atoms with Gasteiger partial charge >= 0.3 is 0 Å². The van der Waals surface area contributed by atoms with Crippen molar-refractivity contribution in [2.75, 3.05) is 0 Å². The molecule has 0 saturated heterocycles. The minimum Gasteiger partial charge on any atom is -0.369 e. The first-order valence-electron chi connectivity index (χ1n) is 11.7. The van der Waals surface area contributed by atoms with Crippen LogP contribution in [0.15, 0.2) is 0 Å². The van der Waals surface area contributed by atoms with Crippen molar-refractivity contribution in [2.24, 2.45) is 23.0 Å². The summed E-state index contributed by atoms with van der Waals surface area (Å²) in [7, 11) is 0. The van der Waals surface area contributed by atoms with Gasteiger partial charge < -0.3 is 21.7 Å². The first-order chi connectivity index (χ1) is 14.6. The van der Waals surface area contributed by atoms with Gasteiger partial charge in [-0.1, -0.05) is 27.2 Å². The van der Waals surface area contributed by atoms with E-state index in [1.807, 2.05) is 41.5 Å². The summed E-state index contributed by atoms with van der Waals surface area (Å²) >= 11 is 0. The van der Waals surface area contributed by atoms with E-state index in [2.05, 4.69) is 16.0 Å². The topological polar surface area (TPSA) is 130 Å². The maximum atomic E-state index is 12.9. The third-order valence-corrected chi connectivity index (χ3v) is 6.39. The monoisotopic (exact) mass is 452 g/mol. The third-order valence-electron chi connectivity index (χ3n) is 6.39. The van der Waals surface area contributed by atoms with E-state index in [0.717, 1.165) is 25.7 Å². The maximum absolute atomic E-state index is 12.9. The van der Waals surface area contributed by atoms with Crippen LogP contribution >= 0.6 is 0 Å². The smallest absolute Gasteiger partial charge is 0.225 e. The quantitative estimate of drug-likeness (QED) is 0.283. The molecule has 1 rings (SSSR count). The Labute approximate surface area is 193 Å². The maximum Gasteiger partial charge on any atom is 0.225 e. The van der Waals surface area contributed by atoms with E-state index < -0.39 is 16.5 Å². The minimum absolute atomic E-state index is 0.000615. The molecular formula is C24H44N4O4. The number of amides is 4. The molecule has 0 aromatic heterocycles. The van der Waals surface area contributed by atoms with Crippen LogP contribution in [0, 0.1) is 17.3 Å². The molecule has 5 N–H and O–H groups in total. The number of hydrogen-bond donors (Lipinski definition) is 4. The van der Waals surface area contributed by atoms with Gasteiger partial charge in [0.05, 0.1) is 0 Å². The third kappa shape index (κ3) is 9.17. The van der Waals surface area contributed by atoms with Crippen LogP contribution in [-0.2, 0) is 19.2 Å². The van der Waals surface area contributed by atoms with Crippen LogP contribution in [0.1, 0.15) is 93.4 Å². The van der Waals surface area contributed by atoms with Gasteiger partial charge in [-0.05, 0) is 66.2 Å². The molecule has 1 aliphatic carbocycles. The Kier molecular flexibility index (Phi) is 9.72. The van der Waals surface area contributed by atoms with E-state index in [9.17, 15) is 19.2 Å². The van der Waals surface area contributed by atoms with Gasteiger partial charge in [-0.15, -0.1) is 0 Å². The second-order valence-electron chi connectivity index (χ2n) is 11.5. The van der Waals surface area contributed by atoms with E-state index in [4.69, 9.17) is 5.73 Å². The fraction of sp³-hybridized carbons (Fsp3) is 0.833. The molecule has 32 heavy (non-hydrogen) atoms. The average molecular weight is 453 g/mol. The molecule has 0 aromatic carbocycles. The van der Waals surface area contributed by atoms with Gasteiger partial charge in [0.1, 0.15) is 0 Å². The lowest BCUT2D eigenvalue weighted by molar-refractivity contribution is -0.131. The molecule has 1 fully saturated rings. The molecule has 1 saturated carbocycles. The van der Waals surface area contributed by atoms with Crippen LogP contribution in [0.4, 0.5) is 0 Å². The van der Waals surface area contributed by atoms with E-state index >= 15 is 0 Å². The Balaban J connectivity index is 2.63. The van der Waals surface area contributed by atoms with Crippen molar-refractivity contribution < 1.29 is 19.2 Å². The fourth-order valence-electron chi connectivity index (χ4n) is 4.84. The average Bonchev–Trinajstić information content (AvgIpc) is 2.85. The number of primary amides is 1. The normalized spacial score (nSPS) is 21.1. The molecule has 3 atom stereocenters. The molecule has 0 heterocycles. The highest BCUT2D eigenvalue weighted by atomic mass is 16.2. The van der Waals surface area contributed by atoms with Gasteiger partial charge in [0, 0.05) is 34.4 Å². The van der Waals surface area contributed by atoms with Gasteiger partial charge in [0.2, 0.25) is 24.1 Å². The Morgan fingerprint density at radius 2 is 1.62 bits per heavy atom. The summed E-state index contributed by atoms with van der Waals surface area (Å²) in [4.78, 5) is 48.0. The largest absolute Gasteiger partial charge is 0.369 e. The number of carbonyl (C=O) groups is 4. The molecule has 8 heteroatoms. The SMILES string of the molecule is CC(CC(C)(C)NC(=O)C1CCCC(NC(=O)C(C)(C)CC(C)(C)NC=O)CC1)C(N)=O. The van der Waals surface area contributed by atoms with Gasteiger partial charge in [0.25, 0.3) is 0 Å². The molecule has 0 aliphatic heterocycles. The van der Waals surface area contributed by atoms with Gasteiger partial charge in [-0.25, -0.2) is 0 Å². The van der Waals surface area contributed by atoms with Crippen molar-refractivity contribution in [3.05, 3.63) is 0 Å². The van der Waals surface area contributed by atoms with Crippen molar-refractivity contribution in [1.82, 2.24) is 16.0 Å². The van der Waals surface area contributed by atoms with Crippen LogP contribution < -0.4 is 21.7 Å². The van der Waals surface area contributed by atoms with Crippen molar-refractivity contribution >= 4 is 24.1 Å². The molecule has 1 aliphatic rings. The summed E-state index contributed by atoms with van der Waals surface area (Å²) in [6, 6.07) is 0.0320. The van der Waals surface area contributed by atoms with Gasteiger partial charge in [0.15, 0.2) is 0 Å². The number of hydrogen-bond acceptors (Lipinski definition) is 4. The van der Waals surface area contributed by atoms with E-state index in [0.29, 0.717) is 25.7 Å². The van der Waals surface area contributed by atoms with Crippen molar-refractivity contribution in [1.29, 1.82) is 0 Å². The molecule has 0 aromatic rings. The standard InChI is InChI=1S/C24H44N4O4/c1-16(19(25)30)13-23(4,5)28-20(31)17-9-8-10-18(12-11-17)27-21(32)22(2,3)14-24(6,7)26-15-29/h15-18H,8-14H2,1-7H3,(H2,25,30)(H,26,29)(H,27,32)(H,28,31).